The van der Waals surface area contributed by atoms with Gasteiger partial charge in [-0.1, -0.05) is 48.5 Å². The summed E-state index contributed by atoms with van der Waals surface area (Å²) in [5.41, 5.74) is 3.98. The lowest BCUT2D eigenvalue weighted by atomic mass is 9.99. The van der Waals surface area contributed by atoms with Crippen LogP contribution in [0, 0.1) is 40.4 Å². The molecule has 43 heavy (non-hydrogen) atoms. The zero-order chi connectivity index (χ0) is 30.3. The molecule has 0 atom stereocenters. The summed E-state index contributed by atoms with van der Waals surface area (Å²) in [5.74, 6) is -4.58. The fourth-order valence-electron chi connectivity index (χ4n) is 4.85. The van der Waals surface area contributed by atoms with Crippen LogP contribution in [0.2, 0.25) is 0 Å². The van der Waals surface area contributed by atoms with E-state index in [1.807, 2.05) is 30.3 Å². The highest BCUT2D eigenvalue weighted by atomic mass is 19.2. The lowest BCUT2D eigenvalue weighted by Crippen LogP contribution is -1.98. The van der Waals surface area contributed by atoms with Crippen LogP contribution in [-0.4, -0.2) is 6.61 Å². The van der Waals surface area contributed by atoms with E-state index in [1.54, 1.807) is 36.4 Å². The molecule has 0 N–H and O–H groups in total. The first-order valence-electron chi connectivity index (χ1n) is 13.8. The van der Waals surface area contributed by atoms with Crippen LogP contribution in [0.15, 0.2) is 97.1 Å². The van der Waals surface area contributed by atoms with E-state index in [-0.39, 0.29) is 16.9 Å². The van der Waals surface area contributed by atoms with Crippen LogP contribution in [0.1, 0.15) is 30.4 Å². The average molecular weight is 584 g/mol. The van der Waals surface area contributed by atoms with E-state index in [0.717, 1.165) is 48.1 Å². The molecule has 216 valence electrons. The molecule has 5 aromatic carbocycles. The molecular weight excluding hydrogens is 557 g/mol. The number of ether oxygens (including phenoxy) is 1. The molecule has 0 aromatic heterocycles. The summed E-state index contributed by atoms with van der Waals surface area (Å²) >= 11 is 0. The number of nitrogens with zero attached hydrogens (tertiary/aromatic N) is 1. The largest absolute Gasteiger partial charge is 0.494 e. The molecule has 2 nitrogen and oxygen atoms in total. The van der Waals surface area contributed by atoms with Crippen molar-refractivity contribution in [2.45, 2.75) is 25.7 Å². The van der Waals surface area contributed by atoms with Gasteiger partial charge in [0.1, 0.15) is 17.4 Å². The zero-order valence-corrected chi connectivity index (χ0v) is 23.0. The van der Waals surface area contributed by atoms with Gasteiger partial charge >= 0.3 is 0 Å². The predicted molar refractivity (Wildman–Crippen MR) is 157 cm³/mol. The Balaban J connectivity index is 1.08. The van der Waals surface area contributed by atoms with E-state index in [1.165, 1.54) is 18.2 Å². The van der Waals surface area contributed by atoms with Gasteiger partial charge in [0.25, 0.3) is 0 Å². The minimum Gasteiger partial charge on any atom is -0.494 e. The highest BCUT2D eigenvalue weighted by Crippen LogP contribution is 2.30. The lowest BCUT2D eigenvalue weighted by Gasteiger charge is -2.10. The molecule has 5 aromatic rings. The number of rotatable bonds is 10. The summed E-state index contributed by atoms with van der Waals surface area (Å²) in [4.78, 5) is 0. The van der Waals surface area contributed by atoms with Gasteiger partial charge in [0.15, 0.2) is 17.5 Å². The highest BCUT2D eigenvalue weighted by molar-refractivity contribution is 5.71. The molecule has 0 saturated heterocycles. The number of aryl methyl sites for hydroxylation is 1. The summed E-state index contributed by atoms with van der Waals surface area (Å²) in [6.07, 6.45) is 3.06. The molecule has 0 aliphatic heterocycles. The number of hydrogen-bond donors (Lipinski definition) is 0. The minimum atomic E-state index is -1.58. The number of hydrogen-bond acceptors (Lipinski definition) is 2. The molecule has 0 heterocycles. The topological polar surface area (TPSA) is 33.0 Å². The van der Waals surface area contributed by atoms with E-state index >= 15 is 0 Å². The van der Waals surface area contributed by atoms with Gasteiger partial charge in [0, 0.05) is 11.1 Å². The van der Waals surface area contributed by atoms with Crippen molar-refractivity contribution in [1.29, 1.82) is 5.26 Å². The molecule has 0 bridgehead atoms. The van der Waals surface area contributed by atoms with Gasteiger partial charge in [-0.05, 0) is 102 Å². The third-order valence-electron chi connectivity index (χ3n) is 7.19. The van der Waals surface area contributed by atoms with Crippen molar-refractivity contribution in [1.82, 2.24) is 0 Å². The maximum Gasteiger partial charge on any atom is 0.194 e. The van der Waals surface area contributed by atoms with Crippen LogP contribution in [0.25, 0.3) is 33.4 Å². The monoisotopic (exact) mass is 583 g/mol. The van der Waals surface area contributed by atoms with Crippen LogP contribution in [0.5, 0.6) is 5.75 Å². The maximum atomic E-state index is 14.9. The predicted octanol–water partition coefficient (Wildman–Crippen LogP) is 10.0. The second-order valence-corrected chi connectivity index (χ2v) is 10.1. The van der Waals surface area contributed by atoms with Gasteiger partial charge in [-0.2, -0.15) is 5.26 Å². The van der Waals surface area contributed by atoms with Crippen molar-refractivity contribution >= 4 is 0 Å². The Hall–Kier alpha value is -4.96. The Morgan fingerprint density at radius 3 is 1.77 bits per heavy atom. The van der Waals surface area contributed by atoms with Crippen molar-refractivity contribution in [3.63, 3.8) is 0 Å². The first-order valence-corrected chi connectivity index (χ1v) is 13.8. The van der Waals surface area contributed by atoms with Crippen LogP contribution in [-0.2, 0) is 6.42 Å². The van der Waals surface area contributed by atoms with E-state index in [2.05, 4.69) is 6.07 Å². The molecule has 0 fully saturated rings. The fourth-order valence-corrected chi connectivity index (χ4v) is 4.85. The summed E-state index contributed by atoms with van der Waals surface area (Å²) in [6.45, 7) is 0.502. The summed E-state index contributed by atoms with van der Waals surface area (Å²) < 4.78 is 75.6. The van der Waals surface area contributed by atoms with Crippen LogP contribution >= 0.6 is 0 Å². The minimum absolute atomic E-state index is 0.00576. The third-order valence-corrected chi connectivity index (χ3v) is 7.19. The standard InChI is InChI=1S/C36H26F5NO/c37-32-18-23(7-15-31(32)28-20-34(39)36(41)35(40)21-28)4-2-1-3-17-43-29-13-10-25(11-14-29)27-12-16-30(33(38)19-27)26-8-5-24(22-42)6-9-26/h5-16,18-21H,1-4,17H2. The first-order chi connectivity index (χ1) is 20.8. The van der Waals surface area contributed by atoms with Gasteiger partial charge < -0.3 is 4.74 Å². The van der Waals surface area contributed by atoms with Gasteiger partial charge in [-0.3, -0.25) is 0 Å². The van der Waals surface area contributed by atoms with Crippen molar-refractivity contribution < 1.29 is 26.7 Å². The Morgan fingerprint density at radius 1 is 0.535 bits per heavy atom. The van der Waals surface area contributed by atoms with E-state index < -0.39 is 23.3 Å². The Kier molecular flexibility index (Phi) is 9.17. The second-order valence-electron chi connectivity index (χ2n) is 10.1. The average Bonchev–Trinajstić information content (AvgIpc) is 3.01. The van der Waals surface area contributed by atoms with Crippen molar-refractivity contribution in [3.8, 4) is 45.2 Å². The summed E-state index contributed by atoms with van der Waals surface area (Å²) in [7, 11) is 0. The van der Waals surface area contributed by atoms with E-state index in [9.17, 15) is 22.0 Å². The SMILES string of the molecule is N#Cc1ccc(-c2ccc(-c3ccc(OCCCCCc4ccc(-c5cc(F)c(F)c(F)c5)c(F)c4)cc3)cc2F)cc1. The molecule has 5 rings (SSSR count). The normalized spacial score (nSPS) is 10.9. The molecule has 7 heteroatoms. The molecule has 0 amide bonds. The zero-order valence-electron chi connectivity index (χ0n) is 23.0. The van der Waals surface area contributed by atoms with Crippen molar-refractivity contribution in [3.05, 3.63) is 137 Å². The van der Waals surface area contributed by atoms with Crippen LogP contribution in [0.3, 0.4) is 0 Å². The number of nitriles is 1. The molecule has 0 aliphatic rings. The Bertz CT molecular complexity index is 1750. The lowest BCUT2D eigenvalue weighted by molar-refractivity contribution is 0.305. The van der Waals surface area contributed by atoms with Crippen molar-refractivity contribution in [2.75, 3.05) is 6.61 Å². The number of unbranched alkanes of at least 4 members (excludes halogenated alkanes) is 2. The third kappa shape index (κ3) is 7.10. The van der Waals surface area contributed by atoms with Crippen molar-refractivity contribution in [2.24, 2.45) is 0 Å². The Labute approximate surface area is 246 Å². The highest BCUT2D eigenvalue weighted by Gasteiger charge is 2.14. The first kappa shape index (κ1) is 29.5. The number of benzene rings is 5. The summed E-state index contributed by atoms with van der Waals surface area (Å²) in [5, 5.41) is 8.95. The quantitative estimate of drug-likeness (QED) is 0.0931. The molecule has 0 aliphatic carbocycles. The molecule has 0 saturated carbocycles. The van der Waals surface area contributed by atoms with Crippen LogP contribution in [0.4, 0.5) is 22.0 Å². The molecular formula is C36H26F5NO. The van der Waals surface area contributed by atoms with Gasteiger partial charge in [0.2, 0.25) is 0 Å². The molecule has 0 unspecified atom stereocenters. The smallest absolute Gasteiger partial charge is 0.194 e. The van der Waals surface area contributed by atoms with Gasteiger partial charge in [-0.15, -0.1) is 0 Å². The van der Waals surface area contributed by atoms with Crippen LogP contribution < -0.4 is 4.74 Å². The second kappa shape index (κ2) is 13.3. The molecule has 0 spiro atoms. The fraction of sp³-hybridized carbons (Fsp3) is 0.139. The molecule has 0 radical (unpaired) electrons. The summed E-state index contributed by atoms with van der Waals surface area (Å²) in [6, 6.07) is 27.4. The maximum absolute atomic E-state index is 14.9. The number of halogens is 5. The van der Waals surface area contributed by atoms with E-state index in [0.29, 0.717) is 35.5 Å². The van der Waals surface area contributed by atoms with Gasteiger partial charge in [0.05, 0.1) is 18.2 Å². The van der Waals surface area contributed by atoms with Gasteiger partial charge in [-0.25, -0.2) is 22.0 Å². The van der Waals surface area contributed by atoms with E-state index in [4.69, 9.17) is 10.00 Å². The Morgan fingerprint density at radius 2 is 1.12 bits per heavy atom.